The van der Waals surface area contributed by atoms with Crippen molar-refractivity contribution in [2.45, 2.75) is 45.7 Å². The summed E-state index contributed by atoms with van der Waals surface area (Å²) in [6.07, 6.45) is 2.20. The van der Waals surface area contributed by atoms with E-state index in [0.717, 1.165) is 35.8 Å². The molecule has 1 fully saturated rings. The van der Waals surface area contributed by atoms with Crippen molar-refractivity contribution < 1.29 is 4.42 Å². The van der Waals surface area contributed by atoms with Gasteiger partial charge < -0.3 is 4.42 Å². The molecule has 0 saturated carbocycles. The fraction of sp³-hybridized carbons (Fsp3) is 0.643. The van der Waals surface area contributed by atoms with E-state index in [-0.39, 0.29) is 12.1 Å². The molecule has 6 nitrogen and oxygen atoms in total. The van der Waals surface area contributed by atoms with E-state index >= 15 is 0 Å². The molecular formula is C14H20ClN5O. The number of nitrogens with zero attached hydrogens (tertiary/aromatic N) is 5. The maximum atomic E-state index is 6.44. The third-order valence-electron chi connectivity index (χ3n) is 4.22. The van der Waals surface area contributed by atoms with Crippen LogP contribution in [0.2, 0.25) is 5.15 Å². The van der Waals surface area contributed by atoms with Gasteiger partial charge in [0.15, 0.2) is 0 Å². The zero-order valence-electron chi connectivity index (χ0n) is 12.8. The first kappa shape index (κ1) is 14.5. The first-order chi connectivity index (χ1) is 9.99. The van der Waals surface area contributed by atoms with E-state index in [1.807, 2.05) is 20.9 Å². The minimum atomic E-state index is 0.0781. The highest BCUT2D eigenvalue weighted by Gasteiger charge is 2.35. The zero-order chi connectivity index (χ0) is 15.1. The highest BCUT2D eigenvalue weighted by molar-refractivity contribution is 6.30. The Balaban J connectivity index is 1.92. The molecule has 114 valence electrons. The molecule has 0 radical (unpaired) electrons. The Hall–Kier alpha value is -1.40. The first-order valence-electron chi connectivity index (χ1n) is 7.23. The lowest BCUT2D eigenvalue weighted by molar-refractivity contribution is 0.166. The summed E-state index contributed by atoms with van der Waals surface area (Å²) in [4.78, 5) is 2.38. The van der Waals surface area contributed by atoms with E-state index in [0.29, 0.717) is 11.8 Å². The minimum absolute atomic E-state index is 0.0781. The first-order valence-corrected chi connectivity index (χ1v) is 7.61. The van der Waals surface area contributed by atoms with Crippen LogP contribution >= 0.6 is 11.6 Å². The van der Waals surface area contributed by atoms with Gasteiger partial charge >= 0.3 is 0 Å². The second-order valence-corrected chi connectivity index (χ2v) is 6.00. The monoisotopic (exact) mass is 309 g/mol. The standard InChI is InChI=1S/C14H20ClN5O/c1-8-12(13(15)19(4)18-8)11-6-5-7-20(11)9(2)14-17-16-10(3)21-14/h9,11H,5-7H2,1-4H3/t9-,11-/m1/s1. The van der Waals surface area contributed by atoms with E-state index in [4.69, 9.17) is 16.0 Å². The summed E-state index contributed by atoms with van der Waals surface area (Å²) in [5, 5.41) is 13.2. The van der Waals surface area contributed by atoms with Gasteiger partial charge in [-0.3, -0.25) is 9.58 Å². The predicted octanol–water partition coefficient (Wildman–Crippen LogP) is 2.97. The summed E-state index contributed by atoms with van der Waals surface area (Å²) in [5.74, 6) is 1.26. The molecule has 0 N–H and O–H groups in total. The average Bonchev–Trinajstić information content (AvgIpc) is 3.11. The number of rotatable bonds is 3. The lowest BCUT2D eigenvalue weighted by Crippen LogP contribution is -2.27. The van der Waals surface area contributed by atoms with E-state index < -0.39 is 0 Å². The van der Waals surface area contributed by atoms with Crippen LogP contribution in [-0.4, -0.2) is 31.4 Å². The van der Waals surface area contributed by atoms with Crippen LogP contribution in [0.15, 0.2) is 4.42 Å². The van der Waals surface area contributed by atoms with Crippen molar-refractivity contribution >= 4 is 11.6 Å². The molecule has 2 atom stereocenters. The highest BCUT2D eigenvalue weighted by Crippen LogP contribution is 2.41. The van der Waals surface area contributed by atoms with Gasteiger partial charge in [0.2, 0.25) is 11.8 Å². The van der Waals surface area contributed by atoms with Gasteiger partial charge in [-0.1, -0.05) is 11.6 Å². The maximum absolute atomic E-state index is 6.44. The molecule has 0 spiro atoms. The largest absolute Gasteiger partial charge is 0.424 e. The number of hydrogen-bond donors (Lipinski definition) is 0. The quantitative estimate of drug-likeness (QED) is 0.872. The van der Waals surface area contributed by atoms with Crippen molar-refractivity contribution in [3.8, 4) is 0 Å². The van der Waals surface area contributed by atoms with Crippen molar-refractivity contribution in [1.29, 1.82) is 0 Å². The third-order valence-corrected chi connectivity index (χ3v) is 4.67. The summed E-state index contributed by atoms with van der Waals surface area (Å²) in [6.45, 7) is 6.93. The van der Waals surface area contributed by atoms with Crippen LogP contribution in [0.1, 0.15) is 54.9 Å². The Morgan fingerprint density at radius 3 is 2.67 bits per heavy atom. The van der Waals surface area contributed by atoms with Crippen LogP contribution < -0.4 is 0 Å². The second kappa shape index (κ2) is 5.42. The van der Waals surface area contributed by atoms with Crippen molar-refractivity contribution in [1.82, 2.24) is 24.9 Å². The van der Waals surface area contributed by atoms with Crippen molar-refractivity contribution in [3.05, 3.63) is 28.2 Å². The summed E-state index contributed by atoms with van der Waals surface area (Å²) in [5.41, 5.74) is 2.12. The van der Waals surface area contributed by atoms with Crippen LogP contribution in [0.4, 0.5) is 0 Å². The molecule has 1 aliphatic rings. The Bertz CT molecular complexity index is 650. The molecule has 3 rings (SSSR count). The lowest BCUT2D eigenvalue weighted by atomic mass is 10.0. The van der Waals surface area contributed by atoms with E-state index in [9.17, 15) is 0 Å². The Kier molecular flexibility index (Phi) is 3.75. The summed E-state index contributed by atoms with van der Waals surface area (Å²) in [6, 6.07) is 0.336. The molecule has 0 bridgehead atoms. The van der Waals surface area contributed by atoms with Gasteiger partial charge in [0.05, 0.1) is 11.7 Å². The zero-order valence-corrected chi connectivity index (χ0v) is 13.6. The predicted molar refractivity (Wildman–Crippen MR) is 79.1 cm³/mol. The fourth-order valence-electron chi connectivity index (χ4n) is 3.21. The summed E-state index contributed by atoms with van der Waals surface area (Å²) >= 11 is 6.44. The highest BCUT2D eigenvalue weighted by atomic mass is 35.5. The average molecular weight is 310 g/mol. The molecule has 0 aliphatic carbocycles. The van der Waals surface area contributed by atoms with Crippen molar-refractivity contribution in [2.24, 2.45) is 7.05 Å². The minimum Gasteiger partial charge on any atom is -0.424 e. The molecule has 21 heavy (non-hydrogen) atoms. The Labute approximate surface area is 129 Å². The number of halogens is 1. The smallest absolute Gasteiger partial charge is 0.233 e. The molecule has 1 aliphatic heterocycles. The van der Waals surface area contributed by atoms with E-state index in [1.165, 1.54) is 0 Å². The maximum Gasteiger partial charge on any atom is 0.233 e. The van der Waals surface area contributed by atoms with Crippen molar-refractivity contribution in [3.63, 3.8) is 0 Å². The Morgan fingerprint density at radius 1 is 1.33 bits per heavy atom. The van der Waals surface area contributed by atoms with E-state index in [2.05, 4.69) is 27.1 Å². The Morgan fingerprint density at radius 2 is 2.10 bits per heavy atom. The SMILES string of the molecule is Cc1nnc([C@@H](C)N2CCC[C@@H]2c2c(C)nn(C)c2Cl)o1. The van der Waals surface area contributed by atoms with Crippen LogP contribution in [0.5, 0.6) is 0 Å². The van der Waals surface area contributed by atoms with Crippen LogP contribution in [0.25, 0.3) is 0 Å². The van der Waals surface area contributed by atoms with Crippen LogP contribution in [0, 0.1) is 13.8 Å². The van der Waals surface area contributed by atoms with Gasteiger partial charge in [-0.25, -0.2) is 0 Å². The number of aromatic nitrogens is 4. The van der Waals surface area contributed by atoms with E-state index in [1.54, 1.807) is 4.68 Å². The molecule has 0 unspecified atom stereocenters. The van der Waals surface area contributed by atoms with Crippen LogP contribution in [-0.2, 0) is 7.05 Å². The van der Waals surface area contributed by atoms with Gasteiger partial charge in [0, 0.05) is 25.6 Å². The fourth-order valence-corrected chi connectivity index (χ4v) is 3.51. The third kappa shape index (κ3) is 2.46. The number of aryl methyl sites for hydroxylation is 3. The van der Waals surface area contributed by atoms with Crippen molar-refractivity contribution in [2.75, 3.05) is 6.54 Å². The molecule has 7 heteroatoms. The summed E-state index contributed by atoms with van der Waals surface area (Å²) < 4.78 is 7.33. The van der Waals surface area contributed by atoms with Gasteiger partial charge in [-0.2, -0.15) is 5.10 Å². The summed E-state index contributed by atoms with van der Waals surface area (Å²) in [7, 11) is 1.88. The van der Waals surface area contributed by atoms with Gasteiger partial charge in [0.25, 0.3) is 0 Å². The lowest BCUT2D eigenvalue weighted by Gasteiger charge is -2.28. The molecular weight excluding hydrogens is 290 g/mol. The molecule has 2 aromatic heterocycles. The molecule has 1 saturated heterocycles. The van der Waals surface area contributed by atoms with Crippen LogP contribution in [0.3, 0.4) is 0 Å². The second-order valence-electron chi connectivity index (χ2n) is 5.64. The normalized spacial score (nSPS) is 21.1. The molecule has 0 aromatic carbocycles. The van der Waals surface area contributed by atoms with Gasteiger partial charge in [-0.15, -0.1) is 10.2 Å². The van der Waals surface area contributed by atoms with Gasteiger partial charge in [-0.05, 0) is 33.2 Å². The number of likely N-dealkylation sites (tertiary alicyclic amines) is 1. The van der Waals surface area contributed by atoms with Gasteiger partial charge in [0.1, 0.15) is 5.15 Å². The number of hydrogen-bond acceptors (Lipinski definition) is 5. The molecule has 0 amide bonds. The molecule has 3 heterocycles. The topological polar surface area (TPSA) is 60.0 Å². The molecule has 2 aromatic rings.